The third-order valence-corrected chi connectivity index (χ3v) is 3.10. The molecule has 0 atom stereocenters. The Balaban J connectivity index is 2.43. The zero-order valence-electron chi connectivity index (χ0n) is 9.26. The van der Waals surface area contributed by atoms with Crippen molar-refractivity contribution in [1.29, 1.82) is 0 Å². The first-order valence-corrected chi connectivity index (χ1v) is 5.54. The summed E-state index contributed by atoms with van der Waals surface area (Å²) in [6, 6.07) is 0. The van der Waals surface area contributed by atoms with Crippen LogP contribution in [-0.4, -0.2) is 16.1 Å². The molecule has 0 radical (unpaired) electrons. The highest BCUT2D eigenvalue weighted by molar-refractivity contribution is 5.72. The number of carboxylic acid groups (broad SMARTS) is 1. The molecule has 3 nitrogen and oxygen atoms in total. The van der Waals surface area contributed by atoms with Crippen molar-refractivity contribution in [3.63, 3.8) is 0 Å². The third kappa shape index (κ3) is 1.78. The number of rotatable bonds is 3. The minimum Gasteiger partial charge on any atom is -0.481 e. The summed E-state index contributed by atoms with van der Waals surface area (Å²) in [7, 11) is 0. The summed E-state index contributed by atoms with van der Waals surface area (Å²) in [5.41, 5.74) is 4.73. The van der Waals surface area contributed by atoms with E-state index in [4.69, 9.17) is 5.11 Å². The molecule has 0 bridgehead atoms. The Morgan fingerprint density at radius 3 is 2.80 bits per heavy atom. The molecule has 15 heavy (non-hydrogen) atoms. The van der Waals surface area contributed by atoms with Gasteiger partial charge in [-0.25, -0.2) is 0 Å². The van der Waals surface area contributed by atoms with Crippen molar-refractivity contribution in [3.8, 4) is 0 Å². The molecule has 0 spiro atoms. The number of aromatic amines is 1. The number of fused-ring (bicyclic) bond motifs is 1. The van der Waals surface area contributed by atoms with Gasteiger partial charge < -0.3 is 10.1 Å². The number of H-pyrrole nitrogens is 1. The quantitative estimate of drug-likeness (QED) is 0.798. The monoisotopic (exact) mass is 207 g/mol. The van der Waals surface area contributed by atoms with Crippen molar-refractivity contribution >= 4 is 5.97 Å². The van der Waals surface area contributed by atoms with Gasteiger partial charge >= 0.3 is 5.97 Å². The van der Waals surface area contributed by atoms with E-state index in [9.17, 15) is 4.79 Å². The van der Waals surface area contributed by atoms with E-state index in [0.29, 0.717) is 5.92 Å². The molecule has 3 heteroatoms. The number of carbonyl (C=O) groups is 1. The Bertz CT molecular complexity index is 391. The molecule has 1 aromatic rings. The van der Waals surface area contributed by atoms with E-state index in [2.05, 4.69) is 18.8 Å². The van der Waals surface area contributed by atoms with Crippen molar-refractivity contribution in [1.82, 2.24) is 4.98 Å². The fraction of sp³-hybridized carbons (Fsp3) is 0.583. The normalized spacial score (nSPS) is 14.6. The van der Waals surface area contributed by atoms with Crippen LogP contribution in [0, 0.1) is 0 Å². The van der Waals surface area contributed by atoms with Crippen LogP contribution >= 0.6 is 0 Å². The number of aromatic nitrogens is 1. The first kappa shape index (κ1) is 10.3. The van der Waals surface area contributed by atoms with Crippen molar-refractivity contribution in [2.75, 3.05) is 0 Å². The summed E-state index contributed by atoms with van der Waals surface area (Å²) in [6.45, 7) is 4.21. The van der Waals surface area contributed by atoms with Crippen LogP contribution in [0.2, 0.25) is 0 Å². The number of hydrogen-bond donors (Lipinski definition) is 2. The summed E-state index contributed by atoms with van der Waals surface area (Å²) >= 11 is 0. The Morgan fingerprint density at radius 2 is 2.20 bits per heavy atom. The molecule has 1 aliphatic carbocycles. The van der Waals surface area contributed by atoms with Gasteiger partial charge in [-0.1, -0.05) is 13.8 Å². The molecular weight excluding hydrogens is 190 g/mol. The zero-order chi connectivity index (χ0) is 11.0. The largest absolute Gasteiger partial charge is 0.481 e. The maximum atomic E-state index is 10.8. The minimum atomic E-state index is -0.731. The maximum Gasteiger partial charge on any atom is 0.307 e. The highest BCUT2D eigenvalue weighted by atomic mass is 16.4. The third-order valence-electron chi connectivity index (χ3n) is 3.10. The Hall–Kier alpha value is -1.25. The lowest BCUT2D eigenvalue weighted by Crippen LogP contribution is -2.05. The molecule has 0 aliphatic heterocycles. The van der Waals surface area contributed by atoms with Crippen LogP contribution < -0.4 is 0 Å². The fourth-order valence-corrected chi connectivity index (χ4v) is 2.46. The molecule has 2 rings (SSSR count). The van der Waals surface area contributed by atoms with Gasteiger partial charge in [0.25, 0.3) is 0 Å². The molecule has 0 aromatic carbocycles. The van der Waals surface area contributed by atoms with E-state index in [1.165, 1.54) is 11.3 Å². The van der Waals surface area contributed by atoms with Gasteiger partial charge in [-0.3, -0.25) is 4.79 Å². The molecule has 0 fully saturated rings. The second-order valence-electron chi connectivity index (χ2n) is 4.55. The average molecular weight is 207 g/mol. The highest BCUT2D eigenvalue weighted by Gasteiger charge is 2.23. The van der Waals surface area contributed by atoms with E-state index in [-0.39, 0.29) is 6.42 Å². The lowest BCUT2D eigenvalue weighted by atomic mass is 9.99. The van der Waals surface area contributed by atoms with Crippen LogP contribution in [0.15, 0.2) is 0 Å². The minimum absolute atomic E-state index is 0.166. The maximum absolute atomic E-state index is 10.8. The summed E-state index contributed by atoms with van der Waals surface area (Å²) in [6.07, 6.45) is 3.45. The van der Waals surface area contributed by atoms with Gasteiger partial charge in [0.05, 0.1) is 6.42 Å². The molecule has 0 amide bonds. The molecule has 2 N–H and O–H groups in total. The lowest BCUT2D eigenvalue weighted by Gasteiger charge is -2.07. The van der Waals surface area contributed by atoms with Crippen molar-refractivity contribution in [3.05, 3.63) is 22.5 Å². The first-order valence-electron chi connectivity index (χ1n) is 5.54. The second-order valence-corrected chi connectivity index (χ2v) is 4.55. The number of nitrogens with one attached hydrogen (secondary N) is 1. The van der Waals surface area contributed by atoms with Crippen LogP contribution in [0.4, 0.5) is 0 Å². The smallest absolute Gasteiger partial charge is 0.307 e. The van der Waals surface area contributed by atoms with Crippen molar-refractivity contribution in [2.24, 2.45) is 0 Å². The van der Waals surface area contributed by atoms with Gasteiger partial charge in [-0.15, -0.1) is 0 Å². The molecule has 0 unspecified atom stereocenters. The van der Waals surface area contributed by atoms with Crippen LogP contribution in [0.25, 0.3) is 0 Å². The predicted molar refractivity (Wildman–Crippen MR) is 58.2 cm³/mol. The fourth-order valence-electron chi connectivity index (χ4n) is 2.46. The van der Waals surface area contributed by atoms with Crippen LogP contribution in [0.3, 0.4) is 0 Å². The molecule has 1 aromatic heterocycles. The van der Waals surface area contributed by atoms with Gasteiger partial charge in [0.2, 0.25) is 0 Å². The van der Waals surface area contributed by atoms with Gasteiger partial charge in [-0.05, 0) is 36.3 Å². The molecule has 82 valence electrons. The molecule has 0 saturated heterocycles. The topological polar surface area (TPSA) is 53.1 Å². The SMILES string of the molecule is CC(C)c1[nH]c2c(c1CC(=O)O)CCC2. The van der Waals surface area contributed by atoms with Crippen LogP contribution in [0.1, 0.15) is 48.7 Å². The van der Waals surface area contributed by atoms with Gasteiger partial charge in [0.15, 0.2) is 0 Å². The standard InChI is InChI=1S/C12H17NO2/c1-7(2)12-9(6-11(14)15)8-4-3-5-10(8)13-12/h7,13H,3-6H2,1-2H3,(H,14,15). The number of hydrogen-bond acceptors (Lipinski definition) is 1. The molecule has 1 aliphatic rings. The van der Waals surface area contributed by atoms with Crippen LogP contribution in [0.5, 0.6) is 0 Å². The zero-order valence-corrected chi connectivity index (χ0v) is 9.26. The van der Waals surface area contributed by atoms with Gasteiger partial charge in [0.1, 0.15) is 0 Å². The Kier molecular flexibility index (Phi) is 2.55. The Morgan fingerprint density at radius 1 is 1.47 bits per heavy atom. The van der Waals surface area contributed by atoms with Crippen molar-refractivity contribution < 1.29 is 9.90 Å². The molecule has 1 heterocycles. The Labute approximate surface area is 89.5 Å². The van der Waals surface area contributed by atoms with E-state index in [1.54, 1.807) is 0 Å². The van der Waals surface area contributed by atoms with Gasteiger partial charge in [0, 0.05) is 11.4 Å². The molecular formula is C12H17NO2. The van der Waals surface area contributed by atoms with Crippen LogP contribution in [-0.2, 0) is 24.1 Å². The summed E-state index contributed by atoms with van der Waals surface area (Å²) in [5.74, 6) is -0.351. The highest BCUT2D eigenvalue weighted by Crippen LogP contribution is 2.31. The first-order chi connectivity index (χ1) is 7.09. The van der Waals surface area contributed by atoms with Gasteiger partial charge in [-0.2, -0.15) is 0 Å². The number of aryl methyl sites for hydroxylation is 1. The van der Waals surface area contributed by atoms with E-state index < -0.39 is 5.97 Å². The van der Waals surface area contributed by atoms with E-state index >= 15 is 0 Å². The predicted octanol–water partition coefficient (Wildman–Crippen LogP) is 2.25. The lowest BCUT2D eigenvalue weighted by molar-refractivity contribution is -0.136. The van der Waals surface area contributed by atoms with Crippen molar-refractivity contribution in [2.45, 2.75) is 45.4 Å². The van der Waals surface area contributed by atoms with E-state index in [1.807, 2.05) is 0 Å². The second kappa shape index (κ2) is 3.72. The molecule has 0 saturated carbocycles. The summed E-state index contributed by atoms with van der Waals surface area (Å²) in [4.78, 5) is 14.2. The number of carboxylic acids is 1. The number of aliphatic carboxylic acids is 1. The summed E-state index contributed by atoms with van der Waals surface area (Å²) in [5, 5.41) is 8.91. The average Bonchev–Trinajstić information content (AvgIpc) is 2.66. The summed E-state index contributed by atoms with van der Waals surface area (Å²) < 4.78 is 0. The van der Waals surface area contributed by atoms with E-state index in [0.717, 1.165) is 30.5 Å².